The molecule has 1 aliphatic rings. The highest BCUT2D eigenvalue weighted by atomic mass is 16.3. The highest BCUT2D eigenvalue weighted by Gasteiger charge is 2.23. The van der Waals surface area contributed by atoms with E-state index in [1.807, 2.05) is 36.4 Å². The summed E-state index contributed by atoms with van der Waals surface area (Å²) in [4.78, 5) is 2.17. The molecule has 0 fully saturated rings. The summed E-state index contributed by atoms with van der Waals surface area (Å²) >= 11 is 0. The van der Waals surface area contributed by atoms with E-state index in [-0.39, 0.29) is 11.9 Å². The number of anilines is 2. The first-order valence-electron chi connectivity index (χ1n) is 6.09. The zero-order chi connectivity index (χ0) is 12.5. The first kappa shape index (κ1) is 11.1. The molecule has 1 heterocycles. The minimum absolute atomic E-state index is 0.268. The quantitative estimate of drug-likeness (QED) is 0.806. The normalized spacial score (nSPS) is 18.5. The molecule has 0 saturated carbocycles. The van der Waals surface area contributed by atoms with Crippen molar-refractivity contribution >= 4 is 11.4 Å². The van der Waals surface area contributed by atoms with Crippen molar-refractivity contribution in [3.05, 3.63) is 54.1 Å². The molecule has 3 rings (SSSR count). The van der Waals surface area contributed by atoms with Crippen LogP contribution in [0.25, 0.3) is 0 Å². The summed E-state index contributed by atoms with van der Waals surface area (Å²) in [6.45, 7) is 0.781. The molecular weight excluding hydrogens is 226 g/mol. The van der Waals surface area contributed by atoms with Gasteiger partial charge in [0.15, 0.2) is 0 Å². The Bertz CT molecular complexity index is 551. The van der Waals surface area contributed by atoms with Crippen molar-refractivity contribution in [2.45, 2.75) is 12.5 Å². The fourth-order valence-electron chi connectivity index (χ4n) is 2.44. The third kappa shape index (κ3) is 1.83. The van der Waals surface area contributed by atoms with Crippen LogP contribution in [0.2, 0.25) is 0 Å². The van der Waals surface area contributed by atoms with Gasteiger partial charge in [0.2, 0.25) is 0 Å². The fraction of sp³-hybridized carbons (Fsp3) is 0.200. The van der Waals surface area contributed by atoms with Crippen molar-refractivity contribution in [1.29, 1.82) is 0 Å². The van der Waals surface area contributed by atoms with Crippen LogP contribution in [0.4, 0.5) is 11.4 Å². The monoisotopic (exact) mass is 241 g/mol. The first-order chi connectivity index (χ1) is 8.75. The number of hydrogen-bond donors (Lipinski definition) is 2. The van der Waals surface area contributed by atoms with Crippen LogP contribution in [-0.2, 0) is 0 Å². The summed E-state index contributed by atoms with van der Waals surface area (Å²) in [7, 11) is 0. The second-order valence-corrected chi connectivity index (χ2v) is 4.53. The molecule has 1 atom stereocenters. The number of aromatic hydroxyl groups is 1. The van der Waals surface area contributed by atoms with Gasteiger partial charge in [-0.15, -0.1) is 0 Å². The van der Waals surface area contributed by atoms with Gasteiger partial charge in [-0.1, -0.05) is 18.2 Å². The second-order valence-electron chi connectivity index (χ2n) is 4.53. The van der Waals surface area contributed by atoms with Crippen molar-refractivity contribution in [1.82, 2.24) is 0 Å². The van der Waals surface area contributed by atoms with E-state index in [2.05, 4.69) is 4.90 Å². The number of phenolic OH excluding ortho intramolecular Hbond substituents is 1. The SMILES string of the molecule is Oc1ccc(N2CCC(O)c3ccccc32)cc1. The number of para-hydroxylation sites is 1. The van der Waals surface area contributed by atoms with E-state index in [0.717, 1.165) is 29.9 Å². The highest BCUT2D eigenvalue weighted by Crippen LogP contribution is 2.38. The molecule has 1 unspecified atom stereocenters. The van der Waals surface area contributed by atoms with Crippen molar-refractivity contribution in [3.8, 4) is 5.75 Å². The fourth-order valence-corrected chi connectivity index (χ4v) is 2.44. The van der Waals surface area contributed by atoms with E-state index in [1.54, 1.807) is 12.1 Å². The summed E-state index contributed by atoms with van der Waals surface area (Å²) in [5, 5.41) is 19.3. The Balaban J connectivity index is 2.04. The molecule has 0 aliphatic carbocycles. The van der Waals surface area contributed by atoms with Crippen molar-refractivity contribution < 1.29 is 10.2 Å². The molecule has 3 heteroatoms. The lowest BCUT2D eigenvalue weighted by atomic mass is 9.98. The van der Waals surface area contributed by atoms with Crippen molar-refractivity contribution in [3.63, 3.8) is 0 Å². The molecule has 0 spiro atoms. The van der Waals surface area contributed by atoms with E-state index >= 15 is 0 Å². The van der Waals surface area contributed by atoms with Gasteiger partial charge in [0.25, 0.3) is 0 Å². The van der Waals surface area contributed by atoms with Crippen LogP contribution in [0.5, 0.6) is 5.75 Å². The van der Waals surface area contributed by atoms with E-state index < -0.39 is 0 Å². The van der Waals surface area contributed by atoms with Crippen LogP contribution in [0, 0.1) is 0 Å². The zero-order valence-corrected chi connectivity index (χ0v) is 9.95. The molecule has 0 saturated heterocycles. The van der Waals surface area contributed by atoms with Crippen LogP contribution in [0.15, 0.2) is 48.5 Å². The maximum absolute atomic E-state index is 10.0. The Kier molecular flexibility index (Phi) is 2.68. The lowest BCUT2D eigenvalue weighted by molar-refractivity contribution is 0.166. The molecule has 2 aromatic rings. The molecule has 0 radical (unpaired) electrons. The maximum atomic E-state index is 10.0. The van der Waals surface area contributed by atoms with Crippen LogP contribution in [-0.4, -0.2) is 16.8 Å². The summed E-state index contributed by atoms with van der Waals surface area (Å²) in [6.07, 6.45) is 0.340. The first-order valence-corrected chi connectivity index (χ1v) is 6.09. The Morgan fingerprint density at radius 2 is 1.72 bits per heavy atom. The standard InChI is InChI=1S/C15H15NO2/c17-12-7-5-11(6-8-12)16-10-9-15(18)13-3-1-2-4-14(13)16/h1-8,15,17-18H,9-10H2. The molecule has 0 aromatic heterocycles. The largest absolute Gasteiger partial charge is 0.508 e. The van der Waals surface area contributed by atoms with Gasteiger partial charge in [0, 0.05) is 23.5 Å². The summed E-state index contributed by atoms with van der Waals surface area (Å²) in [6, 6.07) is 15.1. The Morgan fingerprint density at radius 3 is 2.50 bits per heavy atom. The van der Waals surface area contributed by atoms with Gasteiger partial charge in [-0.25, -0.2) is 0 Å². The highest BCUT2D eigenvalue weighted by molar-refractivity contribution is 5.68. The lowest BCUT2D eigenvalue weighted by Gasteiger charge is -2.33. The summed E-state index contributed by atoms with van der Waals surface area (Å²) < 4.78 is 0. The number of rotatable bonds is 1. The van der Waals surface area contributed by atoms with Gasteiger partial charge in [-0.05, 0) is 36.8 Å². The van der Waals surface area contributed by atoms with Crippen LogP contribution < -0.4 is 4.90 Å². The molecule has 18 heavy (non-hydrogen) atoms. The molecule has 92 valence electrons. The number of aliphatic hydroxyl groups excluding tert-OH is 1. The third-order valence-corrected chi connectivity index (χ3v) is 3.37. The number of fused-ring (bicyclic) bond motifs is 1. The van der Waals surface area contributed by atoms with E-state index in [0.29, 0.717) is 0 Å². The van der Waals surface area contributed by atoms with Crippen molar-refractivity contribution in [2.75, 3.05) is 11.4 Å². The third-order valence-electron chi connectivity index (χ3n) is 3.37. The van der Waals surface area contributed by atoms with E-state index in [9.17, 15) is 10.2 Å². The maximum Gasteiger partial charge on any atom is 0.115 e. The van der Waals surface area contributed by atoms with Gasteiger partial charge in [0.05, 0.1) is 6.10 Å². The Labute approximate surface area is 106 Å². The second kappa shape index (κ2) is 4.35. The molecular formula is C15H15NO2. The van der Waals surface area contributed by atoms with Gasteiger partial charge in [-0.2, -0.15) is 0 Å². The predicted octanol–water partition coefficient (Wildman–Crippen LogP) is 2.97. The predicted molar refractivity (Wildman–Crippen MR) is 71.1 cm³/mol. The number of hydrogen-bond acceptors (Lipinski definition) is 3. The van der Waals surface area contributed by atoms with Gasteiger partial charge in [0.1, 0.15) is 5.75 Å². The van der Waals surface area contributed by atoms with E-state index in [1.165, 1.54) is 0 Å². The van der Waals surface area contributed by atoms with Gasteiger partial charge < -0.3 is 15.1 Å². The number of nitrogens with zero attached hydrogens (tertiary/aromatic N) is 1. The topological polar surface area (TPSA) is 43.7 Å². The summed E-state index contributed by atoms with van der Waals surface area (Å²) in [5.41, 5.74) is 3.05. The Morgan fingerprint density at radius 1 is 1.00 bits per heavy atom. The lowest BCUT2D eigenvalue weighted by Crippen LogP contribution is -2.26. The smallest absolute Gasteiger partial charge is 0.115 e. The van der Waals surface area contributed by atoms with Gasteiger partial charge in [-0.3, -0.25) is 0 Å². The van der Waals surface area contributed by atoms with E-state index in [4.69, 9.17) is 0 Å². The number of aliphatic hydroxyl groups is 1. The minimum Gasteiger partial charge on any atom is -0.508 e. The Hall–Kier alpha value is -2.00. The summed E-state index contributed by atoms with van der Waals surface area (Å²) in [5.74, 6) is 0.268. The average molecular weight is 241 g/mol. The molecule has 0 bridgehead atoms. The van der Waals surface area contributed by atoms with Crippen LogP contribution in [0.1, 0.15) is 18.1 Å². The number of phenols is 1. The molecule has 2 N–H and O–H groups in total. The van der Waals surface area contributed by atoms with Gasteiger partial charge >= 0.3 is 0 Å². The molecule has 3 nitrogen and oxygen atoms in total. The zero-order valence-electron chi connectivity index (χ0n) is 9.95. The molecule has 0 amide bonds. The van der Waals surface area contributed by atoms with Crippen LogP contribution in [0.3, 0.4) is 0 Å². The molecule has 1 aliphatic heterocycles. The minimum atomic E-state index is -0.380. The molecule has 2 aromatic carbocycles. The number of benzene rings is 2. The van der Waals surface area contributed by atoms with Crippen molar-refractivity contribution in [2.24, 2.45) is 0 Å². The average Bonchev–Trinajstić information content (AvgIpc) is 2.41. The van der Waals surface area contributed by atoms with Crippen LogP contribution >= 0.6 is 0 Å².